The van der Waals surface area contributed by atoms with Gasteiger partial charge in [0.1, 0.15) is 10.1 Å². The van der Waals surface area contributed by atoms with Crippen molar-refractivity contribution in [1.29, 1.82) is 0 Å². The molecule has 0 aromatic heterocycles. The first-order valence-corrected chi connectivity index (χ1v) is 8.86. The third-order valence-electron chi connectivity index (χ3n) is 2.88. The molecule has 0 saturated heterocycles. The van der Waals surface area contributed by atoms with E-state index in [-0.39, 0.29) is 11.2 Å². The van der Waals surface area contributed by atoms with E-state index in [9.17, 15) is 4.79 Å². The standard InChI is InChI=1S/C14H17ClN2O2S2/c1-3-12(21-14-16-6-7-20-14)13(18)17-9-4-5-11(19-2)10(15)8-9/h4-5,8,12H,3,6-7H2,1-2H3,(H,17,18). The van der Waals surface area contributed by atoms with Crippen LogP contribution in [-0.4, -0.2) is 34.9 Å². The minimum absolute atomic E-state index is 0.0288. The number of thioether (sulfide) groups is 2. The molecule has 114 valence electrons. The second-order valence-corrected chi connectivity index (χ2v) is 7.29. The van der Waals surface area contributed by atoms with Gasteiger partial charge in [-0.3, -0.25) is 9.79 Å². The summed E-state index contributed by atoms with van der Waals surface area (Å²) < 4.78 is 6.10. The first kappa shape index (κ1) is 16.5. The number of nitrogens with one attached hydrogen (secondary N) is 1. The van der Waals surface area contributed by atoms with Gasteiger partial charge in [0.05, 0.1) is 23.9 Å². The molecule has 0 aliphatic carbocycles. The van der Waals surface area contributed by atoms with Gasteiger partial charge in [0.2, 0.25) is 5.91 Å². The zero-order chi connectivity index (χ0) is 15.2. The van der Waals surface area contributed by atoms with Crippen molar-refractivity contribution in [2.24, 2.45) is 4.99 Å². The maximum atomic E-state index is 12.3. The predicted molar refractivity (Wildman–Crippen MR) is 93.1 cm³/mol. The first-order valence-electron chi connectivity index (χ1n) is 6.62. The number of hydrogen-bond donors (Lipinski definition) is 1. The zero-order valence-electron chi connectivity index (χ0n) is 11.9. The van der Waals surface area contributed by atoms with Gasteiger partial charge in [0.25, 0.3) is 0 Å². The third-order valence-corrected chi connectivity index (χ3v) is 5.75. The molecule has 4 nitrogen and oxygen atoms in total. The van der Waals surface area contributed by atoms with Crippen LogP contribution in [0.1, 0.15) is 13.3 Å². The SMILES string of the molecule is CCC(SC1=NCCS1)C(=O)Nc1ccc(OC)c(Cl)c1. The number of carbonyl (C=O) groups excluding carboxylic acids is 1. The average molecular weight is 345 g/mol. The Morgan fingerprint density at radius 2 is 2.43 bits per heavy atom. The topological polar surface area (TPSA) is 50.7 Å². The Morgan fingerprint density at radius 3 is 3.00 bits per heavy atom. The van der Waals surface area contributed by atoms with Crippen molar-refractivity contribution in [3.63, 3.8) is 0 Å². The minimum atomic E-state index is -0.143. The van der Waals surface area contributed by atoms with Gasteiger partial charge in [-0.1, -0.05) is 42.0 Å². The smallest absolute Gasteiger partial charge is 0.237 e. The highest BCUT2D eigenvalue weighted by Crippen LogP contribution is 2.30. The Hall–Kier alpha value is -0.850. The molecular weight excluding hydrogens is 328 g/mol. The lowest BCUT2D eigenvalue weighted by molar-refractivity contribution is -0.115. The van der Waals surface area contributed by atoms with Gasteiger partial charge in [-0.15, -0.1) is 0 Å². The molecule has 0 bridgehead atoms. The number of anilines is 1. The van der Waals surface area contributed by atoms with Crippen LogP contribution >= 0.6 is 35.1 Å². The van der Waals surface area contributed by atoms with E-state index < -0.39 is 0 Å². The summed E-state index contributed by atoms with van der Waals surface area (Å²) >= 11 is 9.31. The van der Waals surface area contributed by atoms with E-state index in [0.717, 1.165) is 23.1 Å². The van der Waals surface area contributed by atoms with Crippen molar-refractivity contribution in [2.45, 2.75) is 18.6 Å². The van der Waals surface area contributed by atoms with Crippen molar-refractivity contribution in [3.8, 4) is 5.75 Å². The van der Waals surface area contributed by atoms with Gasteiger partial charge in [-0.25, -0.2) is 0 Å². The number of hydrogen-bond acceptors (Lipinski definition) is 5. The quantitative estimate of drug-likeness (QED) is 0.880. The minimum Gasteiger partial charge on any atom is -0.495 e. The van der Waals surface area contributed by atoms with E-state index in [2.05, 4.69) is 10.3 Å². The lowest BCUT2D eigenvalue weighted by Crippen LogP contribution is -2.25. The molecule has 0 radical (unpaired) electrons. The number of halogens is 1. The van der Waals surface area contributed by atoms with Crippen LogP contribution in [0.15, 0.2) is 23.2 Å². The fourth-order valence-electron chi connectivity index (χ4n) is 1.80. The molecule has 21 heavy (non-hydrogen) atoms. The predicted octanol–water partition coefficient (Wildman–Crippen LogP) is 3.90. The molecule has 1 amide bonds. The first-order chi connectivity index (χ1) is 10.1. The molecule has 0 fully saturated rings. The van der Waals surface area contributed by atoms with Crippen molar-refractivity contribution in [3.05, 3.63) is 23.2 Å². The summed E-state index contributed by atoms with van der Waals surface area (Å²) in [5.74, 6) is 1.57. The molecule has 1 aliphatic heterocycles. The van der Waals surface area contributed by atoms with Crippen LogP contribution in [0, 0.1) is 0 Å². The fourth-order valence-corrected chi connectivity index (χ4v) is 4.21. The number of methoxy groups -OCH3 is 1. The van der Waals surface area contributed by atoms with Crippen molar-refractivity contribution >= 4 is 51.1 Å². The third kappa shape index (κ3) is 4.56. The van der Waals surface area contributed by atoms with Crippen molar-refractivity contribution < 1.29 is 9.53 Å². The number of carbonyl (C=O) groups is 1. The Morgan fingerprint density at radius 1 is 1.62 bits per heavy atom. The summed E-state index contributed by atoms with van der Waals surface area (Å²) in [5, 5.41) is 3.23. The van der Waals surface area contributed by atoms with Gasteiger partial charge in [0, 0.05) is 11.4 Å². The molecule has 7 heteroatoms. The molecule has 0 saturated carbocycles. The van der Waals surface area contributed by atoms with E-state index in [1.54, 1.807) is 37.1 Å². The lowest BCUT2D eigenvalue weighted by atomic mass is 10.2. The van der Waals surface area contributed by atoms with Gasteiger partial charge in [-0.05, 0) is 24.6 Å². The van der Waals surface area contributed by atoms with E-state index in [4.69, 9.17) is 16.3 Å². The van der Waals surface area contributed by atoms with Crippen LogP contribution in [0.2, 0.25) is 5.02 Å². The highest BCUT2D eigenvalue weighted by Gasteiger charge is 2.21. The Labute approximate surface area is 138 Å². The maximum absolute atomic E-state index is 12.3. The van der Waals surface area contributed by atoms with Crippen molar-refractivity contribution in [2.75, 3.05) is 24.7 Å². The summed E-state index contributed by atoms with van der Waals surface area (Å²) in [6, 6.07) is 5.21. The monoisotopic (exact) mass is 344 g/mol. The zero-order valence-corrected chi connectivity index (χ0v) is 14.3. The molecule has 0 spiro atoms. The summed E-state index contributed by atoms with van der Waals surface area (Å²) in [4.78, 5) is 16.7. The summed E-state index contributed by atoms with van der Waals surface area (Å²) in [5.41, 5.74) is 0.672. The Balaban J connectivity index is 1.99. The van der Waals surface area contributed by atoms with Crippen LogP contribution in [0.4, 0.5) is 5.69 Å². The highest BCUT2D eigenvalue weighted by molar-refractivity contribution is 8.39. The maximum Gasteiger partial charge on any atom is 0.237 e. The van der Waals surface area contributed by atoms with E-state index in [0.29, 0.717) is 16.5 Å². The molecule has 1 unspecified atom stereocenters. The van der Waals surface area contributed by atoms with E-state index in [1.165, 1.54) is 11.8 Å². The van der Waals surface area contributed by atoms with E-state index in [1.807, 2.05) is 6.92 Å². The van der Waals surface area contributed by atoms with Gasteiger partial charge >= 0.3 is 0 Å². The highest BCUT2D eigenvalue weighted by atomic mass is 35.5. The molecule has 1 heterocycles. The number of benzene rings is 1. The summed E-state index contributed by atoms with van der Waals surface area (Å²) in [6.45, 7) is 2.84. The second-order valence-electron chi connectivity index (χ2n) is 4.35. The summed E-state index contributed by atoms with van der Waals surface area (Å²) in [7, 11) is 1.56. The van der Waals surface area contributed by atoms with Gasteiger partial charge < -0.3 is 10.1 Å². The molecule has 1 atom stereocenters. The van der Waals surface area contributed by atoms with Gasteiger partial charge in [-0.2, -0.15) is 0 Å². The van der Waals surface area contributed by atoms with Crippen LogP contribution in [0.3, 0.4) is 0 Å². The molecule has 2 rings (SSSR count). The normalized spacial score (nSPS) is 15.5. The lowest BCUT2D eigenvalue weighted by Gasteiger charge is -2.14. The Kier molecular flexibility index (Phi) is 6.26. The number of ether oxygens (including phenoxy) is 1. The van der Waals surface area contributed by atoms with Gasteiger partial charge in [0.15, 0.2) is 0 Å². The van der Waals surface area contributed by atoms with Crippen LogP contribution in [0.5, 0.6) is 5.75 Å². The molecular formula is C14H17ClN2O2S2. The average Bonchev–Trinajstić information content (AvgIpc) is 2.98. The van der Waals surface area contributed by atoms with E-state index >= 15 is 0 Å². The largest absolute Gasteiger partial charge is 0.495 e. The van der Waals surface area contributed by atoms with Crippen LogP contribution in [0.25, 0.3) is 0 Å². The molecule has 1 aromatic carbocycles. The van der Waals surface area contributed by atoms with Crippen molar-refractivity contribution in [1.82, 2.24) is 0 Å². The molecule has 1 aliphatic rings. The fraction of sp³-hybridized carbons (Fsp3) is 0.429. The molecule has 1 N–H and O–H groups in total. The van der Waals surface area contributed by atoms with Crippen LogP contribution < -0.4 is 10.1 Å². The number of nitrogens with zero attached hydrogens (tertiary/aromatic N) is 1. The molecule has 1 aromatic rings. The Bertz CT molecular complexity index is 552. The second kappa shape index (κ2) is 7.96. The number of aliphatic imine (C=N–C) groups is 1. The van der Waals surface area contributed by atoms with Crippen LogP contribution in [-0.2, 0) is 4.79 Å². The summed E-state index contributed by atoms with van der Waals surface area (Å²) in [6.07, 6.45) is 0.750. The number of amides is 1. The number of rotatable bonds is 5.